The zero-order valence-electron chi connectivity index (χ0n) is 13.1. The minimum absolute atomic E-state index is 0.0432. The van der Waals surface area contributed by atoms with Gasteiger partial charge in [-0.25, -0.2) is 4.39 Å². The van der Waals surface area contributed by atoms with Crippen molar-refractivity contribution in [1.29, 1.82) is 0 Å². The Morgan fingerprint density at radius 1 is 1.16 bits per heavy atom. The molecule has 1 aliphatic heterocycles. The minimum atomic E-state index is -4.68. The summed E-state index contributed by atoms with van der Waals surface area (Å²) < 4.78 is 51.8. The number of hydrogen-bond acceptors (Lipinski definition) is 4. The maximum atomic E-state index is 13.2. The third-order valence-corrected chi connectivity index (χ3v) is 3.49. The first-order valence-electron chi connectivity index (χ1n) is 7.05. The summed E-state index contributed by atoms with van der Waals surface area (Å²) in [6, 6.07) is 1.98. The van der Waals surface area contributed by atoms with Gasteiger partial charge in [0.2, 0.25) is 6.29 Å². The number of benzene rings is 1. The summed E-state index contributed by atoms with van der Waals surface area (Å²) in [5.41, 5.74) is -1.72. The third-order valence-electron chi connectivity index (χ3n) is 3.40. The van der Waals surface area contributed by atoms with Crippen LogP contribution in [0.2, 0.25) is 0 Å². The van der Waals surface area contributed by atoms with Crippen LogP contribution in [-0.2, 0) is 15.8 Å². The van der Waals surface area contributed by atoms with Gasteiger partial charge in [-0.2, -0.15) is 13.2 Å². The van der Waals surface area contributed by atoms with Crippen molar-refractivity contribution in [2.75, 3.05) is 33.2 Å². The number of carbonyl (C=O) groups is 3. The van der Waals surface area contributed by atoms with Crippen LogP contribution >= 0.6 is 11.6 Å². The lowest BCUT2D eigenvalue weighted by atomic mass is 10.0. The molecule has 5 nitrogen and oxygen atoms in total. The average molecular weight is 383 g/mol. The Morgan fingerprint density at radius 2 is 1.68 bits per heavy atom. The number of hydrogen-bond donors (Lipinski definition) is 0. The van der Waals surface area contributed by atoms with Crippen molar-refractivity contribution in [2.24, 2.45) is 0 Å². The first-order chi connectivity index (χ1) is 11.6. The van der Waals surface area contributed by atoms with Gasteiger partial charge in [0.05, 0.1) is 11.1 Å². The molecule has 25 heavy (non-hydrogen) atoms. The van der Waals surface area contributed by atoms with E-state index in [1.54, 1.807) is 0 Å². The van der Waals surface area contributed by atoms with E-state index in [1.165, 1.54) is 4.90 Å². The molecule has 0 saturated carbocycles. The minimum Gasteiger partial charge on any atom is -0.336 e. The van der Waals surface area contributed by atoms with E-state index in [0.717, 1.165) is 0 Å². The fourth-order valence-electron chi connectivity index (χ4n) is 2.12. The van der Waals surface area contributed by atoms with E-state index in [0.29, 0.717) is 44.4 Å². The second-order valence-electron chi connectivity index (χ2n) is 5.21. The number of nitrogens with zero attached hydrogens (tertiary/aromatic N) is 2. The molecule has 1 fully saturated rings. The van der Waals surface area contributed by atoms with Gasteiger partial charge in [-0.05, 0) is 36.8 Å². The van der Waals surface area contributed by atoms with Crippen molar-refractivity contribution in [3.63, 3.8) is 0 Å². The van der Waals surface area contributed by atoms with E-state index >= 15 is 0 Å². The molecule has 1 aliphatic rings. The predicted octanol–water partition coefficient (Wildman–Crippen LogP) is 2.18. The molecule has 10 heteroatoms. The fourth-order valence-corrected chi connectivity index (χ4v) is 2.12. The molecule has 2 rings (SSSR count). The van der Waals surface area contributed by atoms with Gasteiger partial charge in [0, 0.05) is 26.2 Å². The Hall–Kier alpha value is -2.00. The summed E-state index contributed by atoms with van der Waals surface area (Å²) in [5.74, 6) is -1.62. The number of likely N-dealkylation sites (N-methyl/N-ethyl adjacent to an activating group) is 1. The lowest BCUT2D eigenvalue weighted by Crippen LogP contribution is -2.47. The quantitative estimate of drug-likeness (QED) is 0.340. The van der Waals surface area contributed by atoms with E-state index in [4.69, 9.17) is 4.79 Å². The Labute approximate surface area is 146 Å². The molecule has 0 bridgehead atoms. The van der Waals surface area contributed by atoms with E-state index in [2.05, 4.69) is 11.6 Å². The van der Waals surface area contributed by atoms with Gasteiger partial charge in [0.1, 0.15) is 5.82 Å². The number of alkyl halides is 3. The molecule has 1 amide bonds. The Morgan fingerprint density at radius 3 is 2.12 bits per heavy atom. The molecule has 0 N–H and O–H groups in total. The van der Waals surface area contributed by atoms with Crippen molar-refractivity contribution in [1.82, 2.24) is 9.80 Å². The second-order valence-corrected chi connectivity index (χ2v) is 5.58. The molecular formula is C15H15ClF4N2O3. The Balaban J connectivity index is 0.000000550. The molecule has 1 aromatic rings. The van der Waals surface area contributed by atoms with E-state index in [9.17, 15) is 27.2 Å². The van der Waals surface area contributed by atoms with Crippen LogP contribution in [0.1, 0.15) is 15.9 Å². The zero-order chi connectivity index (χ0) is 19.2. The highest BCUT2D eigenvalue weighted by molar-refractivity contribution is 6.77. The smallest absolute Gasteiger partial charge is 0.336 e. The molecule has 0 radical (unpaired) electrons. The topological polar surface area (TPSA) is 57.7 Å². The van der Waals surface area contributed by atoms with Crippen LogP contribution in [0.3, 0.4) is 0 Å². The van der Waals surface area contributed by atoms with Crippen molar-refractivity contribution in [3.05, 3.63) is 35.1 Å². The Bertz CT molecular complexity index is 644. The van der Waals surface area contributed by atoms with Gasteiger partial charge in [-0.1, -0.05) is 0 Å². The number of halogens is 5. The molecule has 1 saturated heterocycles. The summed E-state index contributed by atoms with van der Waals surface area (Å²) in [5, 5.41) is -0.954. The molecule has 0 aliphatic carbocycles. The van der Waals surface area contributed by atoms with Gasteiger partial charge < -0.3 is 9.80 Å². The van der Waals surface area contributed by atoms with Gasteiger partial charge in [0.15, 0.2) is 0 Å². The van der Waals surface area contributed by atoms with Gasteiger partial charge in [0.25, 0.3) is 11.1 Å². The van der Waals surface area contributed by atoms with Crippen LogP contribution < -0.4 is 0 Å². The average Bonchev–Trinajstić information content (AvgIpc) is 2.54. The molecule has 0 spiro atoms. The highest BCUT2D eigenvalue weighted by Crippen LogP contribution is 2.33. The van der Waals surface area contributed by atoms with Gasteiger partial charge in [-0.3, -0.25) is 14.4 Å². The van der Waals surface area contributed by atoms with Crippen molar-refractivity contribution < 1.29 is 31.9 Å². The summed E-state index contributed by atoms with van der Waals surface area (Å²) in [6.45, 7) is 1.84. The van der Waals surface area contributed by atoms with E-state index in [-0.39, 0.29) is 6.29 Å². The van der Waals surface area contributed by atoms with Crippen LogP contribution in [0.5, 0.6) is 0 Å². The monoisotopic (exact) mass is 382 g/mol. The summed E-state index contributed by atoms with van der Waals surface area (Å²) in [4.78, 5) is 33.7. The van der Waals surface area contributed by atoms with Gasteiger partial charge in [-0.15, -0.1) is 0 Å². The third kappa shape index (κ3) is 6.43. The summed E-state index contributed by atoms with van der Waals surface area (Å²) in [7, 11) is 1.87. The second kappa shape index (κ2) is 8.91. The van der Waals surface area contributed by atoms with Crippen LogP contribution in [0.15, 0.2) is 18.2 Å². The maximum absolute atomic E-state index is 13.2. The molecule has 138 valence electrons. The number of aldehydes is 1. The molecule has 1 heterocycles. The molecule has 0 atom stereocenters. The summed E-state index contributed by atoms with van der Waals surface area (Å²) >= 11 is 4.46. The molecular weight excluding hydrogens is 368 g/mol. The van der Waals surface area contributed by atoms with Crippen LogP contribution in [-0.4, -0.2) is 60.5 Å². The van der Waals surface area contributed by atoms with Crippen molar-refractivity contribution in [2.45, 2.75) is 6.18 Å². The standard InChI is InChI=1S/C13H14F4N2O.C2HClO2/c1-18-4-6-19(7-5-18)12(20)10-8-9(14)2-3-11(10)13(15,16)17;3-2(5)1-4/h2-3,8H,4-7H2,1H3;1H. The van der Waals surface area contributed by atoms with Crippen molar-refractivity contribution in [3.8, 4) is 0 Å². The van der Waals surface area contributed by atoms with Gasteiger partial charge >= 0.3 is 6.18 Å². The van der Waals surface area contributed by atoms with Crippen molar-refractivity contribution >= 4 is 29.0 Å². The molecule has 1 aromatic carbocycles. The van der Waals surface area contributed by atoms with Crippen LogP contribution in [0, 0.1) is 5.82 Å². The number of carbonyl (C=O) groups excluding carboxylic acids is 3. The van der Waals surface area contributed by atoms with Crippen LogP contribution in [0.25, 0.3) is 0 Å². The van der Waals surface area contributed by atoms with Crippen LogP contribution in [0.4, 0.5) is 17.6 Å². The fraction of sp³-hybridized carbons (Fsp3) is 0.400. The number of piperazine rings is 1. The lowest BCUT2D eigenvalue weighted by Gasteiger charge is -2.33. The number of rotatable bonds is 2. The zero-order valence-corrected chi connectivity index (χ0v) is 13.9. The maximum Gasteiger partial charge on any atom is 0.417 e. The highest BCUT2D eigenvalue weighted by atomic mass is 35.5. The largest absolute Gasteiger partial charge is 0.417 e. The highest BCUT2D eigenvalue weighted by Gasteiger charge is 2.36. The predicted molar refractivity (Wildman–Crippen MR) is 81.7 cm³/mol. The molecule has 0 aromatic heterocycles. The van der Waals surface area contributed by atoms with E-state index < -0.39 is 34.3 Å². The first-order valence-corrected chi connectivity index (χ1v) is 7.43. The van der Waals surface area contributed by atoms with E-state index in [1.807, 2.05) is 11.9 Å². The number of amides is 1. The summed E-state index contributed by atoms with van der Waals surface area (Å²) in [6.07, 6.45) is -4.63. The normalized spacial score (nSPS) is 15.2. The lowest BCUT2D eigenvalue weighted by molar-refractivity contribution is -0.138. The molecule has 0 unspecified atom stereocenters. The SMILES string of the molecule is CN1CCN(C(=O)c2cc(F)ccc2C(F)(F)F)CC1.O=CC(=O)Cl. The Kier molecular flexibility index (Phi) is 7.50. The first kappa shape index (κ1) is 21.0.